The summed E-state index contributed by atoms with van der Waals surface area (Å²) in [7, 11) is 1.33. The highest BCUT2D eigenvalue weighted by atomic mass is 32.1. The fraction of sp³-hybridized carbons (Fsp3) is 0.467. The third-order valence-electron chi connectivity index (χ3n) is 7.52. The van der Waals surface area contributed by atoms with Crippen LogP contribution < -0.4 is 20.7 Å². The topological polar surface area (TPSA) is 45.8 Å². The number of rotatable bonds is 8. The summed E-state index contributed by atoms with van der Waals surface area (Å²) in [6, 6.07) is 11.1. The third kappa shape index (κ3) is 7.09. The lowest BCUT2D eigenvalue weighted by Gasteiger charge is -2.43. The molecule has 3 heterocycles. The molecule has 2 aromatic carbocycles. The van der Waals surface area contributed by atoms with Gasteiger partial charge < -0.3 is 20.1 Å². The minimum absolute atomic E-state index is 0.159. The molecule has 11 heteroatoms. The molecule has 0 radical (unpaired) electrons. The molecule has 1 aromatic heterocycles. The SMILES string of the molecule is COc1cc(P(C)C)ccc1NCC#Cc1sc2c(NC3CCN(C4COC4)CC3F)cccc2c1CC(F)(F)F. The summed E-state index contributed by atoms with van der Waals surface area (Å²) in [5.74, 6) is 6.68. The quantitative estimate of drug-likeness (QED) is 0.185. The van der Waals surface area contributed by atoms with Crippen molar-refractivity contribution in [1.82, 2.24) is 4.90 Å². The van der Waals surface area contributed by atoms with Gasteiger partial charge in [0.15, 0.2) is 0 Å². The molecule has 2 unspecified atom stereocenters. The van der Waals surface area contributed by atoms with E-state index in [0.29, 0.717) is 52.6 Å². The Labute approximate surface area is 243 Å². The lowest BCUT2D eigenvalue weighted by atomic mass is 10.00. The van der Waals surface area contributed by atoms with Crippen molar-refractivity contribution in [2.75, 3.05) is 63.9 Å². The van der Waals surface area contributed by atoms with Gasteiger partial charge in [-0.25, -0.2) is 4.39 Å². The van der Waals surface area contributed by atoms with E-state index in [9.17, 15) is 13.2 Å². The molecule has 41 heavy (non-hydrogen) atoms. The van der Waals surface area contributed by atoms with Gasteiger partial charge in [0.2, 0.25) is 0 Å². The molecule has 220 valence electrons. The first kappa shape index (κ1) is 29.9. The minimum atomic E-state index is -4.39. The average Bonchev–Trinajstić information content (AvgIpc) is 3.23. The number of anilines is 2. The zero-order chi connectivity index (χ0) is 29.1. The van der Waals surface area contributed by atoms with E-state index in [1.54, 1.807) is 19.2 Å². The summed E-state index contributed by atoms with van der Waals surface area (Å²) in [4.78, 5) is 2.49. The zero-order valence-corrected chi connectivity index (χ0v) is 25.0. The maximum atomic E-state index is 15.1. The van der Waals surface area contributed by atoms with Gasteiger partial charge in [-0.2, -0.15) is 13.2 Å². The van der Waals surface area contributed by atoms with Gasteiger partial charge in [-0.15, -0.1) is 11.3 Å². The van der Waals surface area contributed by atoms with Gasteiger partial charge in [-0.1, -0.05) is 38.0 Å². The molecule has 2 fully saturated rings. The Balaban J connectivity index is 1.36. The minimum Gasteiger partial charge on any atom is -0.495 e. The molecule has 0 bridgehead atoms. The van der Waals surface area contributed by atoms with Crippen molar-refractivity contribution >= 4 is 46.0 Å². The van der Waals surface area contributed by atoms with Gasteiger partial charge in [0.1, 0.15) is 11.9 Å². The predicted octanol–water partition coefficient (Wildman–Crippen LogP) is 6.07. The monoisotopic (exact) mass is 607 g/mol. The smallest absolute Gasteiger partial charge is 0.393 e. The fourth-order valence-electron chi connectivity index (χ4n) is 5.19. The van der Waals surface area contributed by atoms with Gasteiger partial charge in [0.25, 0.3) is 0 Å². The number of benzene rings is 2. The molecule has 2 aliphatic heterocycles. The van der Waals surface area contributed by atoms with Crippen LogP contribution in [0.5, 0.6) is 5.75 Å². The van der Waals surface area contributed by atoms with E-state index in [1.807, 2.05) is 24.3 Å². The van der Waals surface area contributed by atoms with Crippen molar-refractivity contribution in [2.24, 2.45) is 0 Å². The van der Waals surface area contributed by atoms with E-state index in [4.69, 9.17) is 9.47 Å². The summed E-state index contributed by atoms with van der Waals surface area (Å²) in [6.45, 7) is 6.91. The summed E-state index contributed by atoms with van der Waals surface area (Å²) in [6.07, 6.45) is -5.95. The van der Waals surface area contributed by atoms with Crippen LogP contribution in [0, 0.1) is 11.8 Å². The number of hydrogen-bond acceptors (Lipinski definition) is 6. The molecule has 0 spiro atoms. The van der Waals surface area contributed by atoms with Crippen LogP contribution in [0.1, 0.15) is 16.9 Å². The molecule has 0 saturated carbocycles. The molecule has 5 nitrogen and oxygen atoms in total. The predicted molar refractivity (Wildman–Crippen MR) is 161 cm³/mol. The van der Waals surface area contributed by atoms with Crippen molar-refractivity contribution in [1.29, 1.82) is 0 Å². The van der Waals surface area contributed by atoms with Gasteiger partial charge in [0.05, 0.1) is 66.3 Å². The second-order valence-corrected chi connectivity index (χ2v) is 13.9. The lowest BCUT2D eigenvalue weighted by Crippen LogP contribution is -2.57. The van der Waals surface area contributed by atoms with E-state index >= 15 is 4.39 Å². The van der Waals surface area contributed by atoms with Gasteiger partial charge in [0, 0.05) is 13.1 Å². The van der Waals surface area contributed by atoms with Crippen LogP contribution in [0.15, 0.2) is 36.4 Å². The Kier molecular flexibility index (Phi) is 9.30. The Morgan fingerprint density at radius 3 is 2.63 bits per heavy atom. The van der Waals surface area contributed by atoms with E-state index in [1.165, 1.54) is 16.6 Å². The Hall–Kier alpha value is -2.57. The maximum Gasteiger partial charge on any atom is 0.393 e. The largest absolute Gasteiger partial charge is 0.495 e. The third-order valence-corrected chi connectivity index (χ3v) is 10.0. The Morgan fingerprint density at radius 2 is 1.98 bits per heavy atom. The molecule has 0 aliphatic carbocycles. The fourth-order valence-corrected chi connectivity index (χ4v) is 7.10. The second kappa shape index (κ2) is 12.7. The van der Waals surface area contributed by atoms with Crippen LogP contribution in [0.25, 0.3) is 10.1 Å². The van der Waals surface area contributed by atoms with E-state index < -0.39 is 24.8 Å². The van der Waals surface area contributed by atoms with Crippen molar-refractivity contribution in [3.8, 4) is 17.6 Å². The standard InChI is InChI=1S/C30H34F4N3O2PS/c1-38-27-14-20(40(2)3)9-10-25(27)35-12-5-8-28-22(15-30(32,33)34)21-6-4-7-26(29(21)41-28)36-24-11-13-37(16-23(24)31)19-17-39-18-19/h4,6-7,9-10,14,19,23-24,35-36H,11-13,15-18H2,1-3H3. The van der Waals surface area contributed by atoms with E-state index in [2.05, 4.69) is 40.7 Å². The van der Waals surface area contributed by atoms with Crippen LogP contribution in [-0.2, 0) is 11.2 Å². The number of piperidine rings is 1. The molecule has 0 amide bonds. The average molecular weight is 608 g/mol. The number of nitrogens with zero attached hydrogens (tertiary/aromatic N) is 1. The number of likely N-dealkylation sites (tertiary alicyclic amines) is 1. The molecule has 2 saturated heterocycles. The van der Waals surface area contributed by atoms with Gasteiger partial charge >= 0.3 is 6.18 Å². The summed E-state index contributed by atoms with van der Waals surface area (Å²) in [5.41, 5.74) is 1.58. The van der Waals surface area contributed by atoms with E-state index in [0.717, 1.165) is 12.2 Å². The number of methoxy groups -OCH3 is 1. The maximum absolute atomic E-state index is 15.1. The van der Waals surface area contributed by atoms with E-state index in [-0.39, 0.29) is 26.1 Å². The normalized spacial score (nSPS) is 20.0. The van der Waals surface area contributed by atoms with Gasteiger partial charge in [-0.3, -0.25) is 4.90 Å². The van der Waals surface area contributed by atoms with Crippen LogP contribution in [0.3, 0.4) is 0 Å². The first-order valence-electron chi connectivity index (χ1n) is 13.5. The van der Waals surface area contributed by atoms with Crippen LogP contribution in [0.4, 0.5) is 28.9 Å². The highest BCUT2D eigenvalue weighted by molar-refractivity contribution is 7.64. The van der Waals surface area contributed by atoms with Crippen molar-refractivity contribution in [3.05, 3.63) is 46.8 Å². The van der Waals surface area contributed by atoms with Crippen LogP contribution >= 0.6 is 19.3 Å². The first-order chi connectivity index (χ1) is 19.6. The highest BCUT2D eigenvalue weighted by Gasteiger charge is 2.36. The Bertz CT molecular complexity index is 1430. The summed E-state index contributed by atoms with van der Waals surface area (Å²) in [5, 5.41) is 8.23. The first-order valence-corrected chi connectivity index (χ1v) is 16.6. The lowest BCUT2D eigenvalue weighted by molar-refractivity contribution is -0.126. The molecule has 2 aliphatic rings. The molecular weight excluding hydrogens is 573 g/mol. The number of fused-ring (bicyclic) bond motifs is 1. The molecule has 3 aromatic rings. The summed E-state index contributed by atoms with van der Waals surface area (Å²) < 4.78 is 67.4. The van der Waals surface area contributed by atoms with Crippen molar-refractivity contribution < 1.29 is 27.0 Å². The number of alkyl halides is 4. The van der Waals surface area contributed by atoms with Crippen molar-refractivity contribution in [3.63, 3.8) is 0 Å². The molecule has 2 N–H and O–H groups in total. The van der Waals surface area contributed by atoms with Crippen LogP contribution in [0.2, 0.25) is 0 Å². The molecular formula is C30H34F4N3O2PS. The number of hydrogen-bond donors (Lipinski definition) is 2. The zero-order valence-electron chi connectivity index (χ0n) is 23.3. The second-order valence-electron chi connectivity index (χ2n) is 10.6. The molecule has 5 rings (SSSR count). The van der Waals surface area contributed by atoms with Crippen molar-refractivity contribution in [2.45, 2.75) is 37.3 Å². The number of nitrogens with one attached hydrogen (secondary N) is 2. The number of halogens is 4. The summed E-state index contributed by atoms with van der Waals surface area (Å²) >= 11 is 1.22. The van der Waals surface area contributed by atoms with Crippen LogP contribution in [-0.4, -0.2) is 82.6 Å². The van der Waals surface area contributed by atoms with Gasteiger partial charge in [-0.05, 0) is 54.2 Å². The Morgan fingerprint density at radius 1 is 1.17 bits per heavy atom. The number of ether oxygens (including phenoxy) is 2. The highest BCUT2D eigenvalue weighted by Crippen LogP contribution is 2.40. The molecule has 2 atom stereocenters. The number of thiophene rings is 1.